The van der Waals surface area contributed by atoms with Gasteiger partial charge in [-0.25, -0.2) is 9.18 Å². The van der Waals surface area contributed by atoms with Gasteiger partial charge in [0.1, 0.15) is 11.4 Å². The molecule has 0 N–H and O–H groups in total. The molecule has 0 spiro atoms. The normalized spacial score (nSPS) is 17.7. The molecule has 1 aliphatic heterocycles. The predicted molar refractivity (Wildman–Crippen MR) is 104 cm³/mol. The second-order valence-electron chi connectivity index (χ2n) is 8.20. The molecule has 1 saturated heterocycles. The van der Waals surface area contributed by atoms with Crippen molar-refractivity contribution in [3.8, 4) is 11.1 Å². The number of hydrogen-bond donors (Lipinski definition) is 0. The molecule has 5 heteroatoms. The first-order valence-corrected chi connectivity index (χ1v) is 9.43. The third-order valence-corrected chi connectivity index (χ3v) is 4.76. The van der Waals surface area contributed by atoms with Crippen molar-refractivity contribution in [1.82, 2.24) is 9.88 Å². The van der Waals surface area contributed by atoms with E-state index in [1.165, 1.54) is 12.1 Å². The third-order valence-electron chi connectivity index (χ3n) is 4.76. The molecule has 1 aromatic carbocycles. The average molecular weight is 370 g/mol. The number of nitrogens with zero attached hydrogens (tertiary/aromatic N) is 2. The van der Waals surface area contributed by atoms with Gasteiger partial charge in [-0.15, -0.1) is 0 Å². The molecule has 0 radical (unpaired) electrons. The molecule has 1 aromatic heterocycles. The average Bonchev–Trinajstić information content (AvgIpc) is 2.61. The molecule has 144 valence electrons. The molecule has 1 atom stereocenters. The number of rotatable bonds is 2. The molecule has 1 fully saturated rings. The Bertz CT molecular complexity index is 812. The first-order valence-electron chi connectivity index (χ1n) is 9.43. The van der Waals surface area contributed by atoms with Gasteiger partial charge in [-0.05, 0) is 69.9 Å². The SMILES string of the molecule is Cc1cc(-c2ccc(F)cc2)cnc1C1CCCN(C(=O)OC(C)(C)C)C1. The van der Waals surface area contributed by atoms with Crippen LogP contribution in [-0.2, 0) is 4.74 Å². The number of carbonyl (C=O) groups is 1. The molecule has 0 saturated carbocycles. The fourth-order valence-electron chi connectivity index (χ4n) is 3.51. The minimum Gasteiger partial charge on any atom is -0.444 e. The minimum atomic E-state index is -0.491. The van der Waals surface area contributed by atoms with Crippen molar-refractivity contribution in [2.45, 2.75) is 52.1 Å². The standard InChI is InChI=1S/C22H27FN2O2/c1-15-12-18(16-7-9-19(23)10-8-16)13-24-20(15)17-6-5-11-25(14-17)21(26)27-22(2,3)4/h7-10,12-13,17H,5-6,11,14H2,1-4H3. The summed E-state index contributed by atoms with van der Waals surface area (Å²) in [6.45, 7) is 9.03. The van der Waals surface area contributed by atoms with Gasteiger partial charge < -0.3 is 9.64 Å². The lowest BCUT2D eigenvalue weighted by Crippen LogP contribution is -2.42. The molecule has 1 unspecified atom stereocenters. The number of aromatic nitrogens is 1. The molecule has 1 amide bonds. The van der Waals surface area contributed by atoms with Gasteiger partial charge in [0.2, 0.25) is 0 Å². The highest BCUT2D eigenvalue weighted by Gasteiger charge is 2.29. The Morgan fingerprint density at radius 3 is 2.56 bits per heavy atom. The number of benzene rings is 1. The van der Waals surface area contributed by atoms with Gasteiger partial charge in [-0.3, -0.25) is 4.98 Å². The zero-order chi connectivity index (χ0) is 19.6. The number of aryl methyl sites for hydroxylation is 1. The summed E-state index contributed by atoms with van der Waals surface area (Å²) in [7, 11) is 0. The lowest BCUT2D eigenvalue weighted by atomic mass is 9.91. The van der Waals surface area contributed by atoms with Crippen LogP contribution in [-0.4, -0.2) is 34.7 Å². The van der Waals surface area contributed by atoms with Gasteiger partial charge >= 0.3 is 6.09 Å². The summed E-state index contributed by atoms with van der Waals surface area (Å²) in [6.07, 6.45) is 3.52. The first-order chi connectivity index (χ1) is 12.7. The molecule has 2 heterocycles. The van der Waals surface area contributed by atoms with Crippen LogP contribution in [0.3, 0.4) is 0 Å². The molecular weight excluding hydrogens is 343 g/mol. The topological polar surface area (TPSA) is 42.4 Å². The van der Waals surface area contributed by atoms with Crippen LogP contribution in [0.2, 0.25) is 0 Å². The Kier molecular flexibility index (Phi) is 5.49. The summed E-state index contributed by atoms with van der Waals surface area (Å²) in [5.41, 5.74) is 3.53. The van der Waals surface area contributed by atoms with E-state index < -0.39 is 5.60 Å². The summed E-state index contributed by atoms with van der Waals surface area (Å²) in [6, 6.07) is 8.52. The molecule has 3 rings (SSSR count). The number of likely N-dealkylation sites (tertiary alicyclic amines) is 1. The number of carbonyl (C=O) groups excluding carboxylic acids is 1. The van der Waals surface area contributed by atoms with E-state index in [9.17, 15) is 9.18 Å². The highest BCUT2D eigenvalue weighted by molar-refractivity contribution is 5.68. The Morgan fingerprint density at radius 1 is 1.22 bits per heavy atom. The molecule has 4 nitrogen and oxygen atoms in total. The maximum Gasteiger partial charge on any atom is 0.410 e. The lowest BCUT2D eigenvalue weighted by molar-refractivity contribution is 0.0197. The summed E-state index contributed by atoms with van der Waals surface area (Å²) in [5, 5.41) is 0. The fraction of sp³-hybridized carbons (Fsp3) is 0.455. The largest absolute Gasteiger partial charge is 0.444 e. The maximum atomic E-state index is 13.1. The van der Waals surface area contributed by atoms with E-state index in [0.29, 0.717) is 6.54 Å². The van der Waals surface area contributed by atoms with Crippen molar-refractivity contribution in [1.29, 1.82) is 0 Å². The Morgan fingerprint density at radius 2 is 1.93 bits per heavy atom. The van der Waals surface area contributed by atoms with E-state index in [1.54, 1.807) is 17.0 Å². The Balaban J connectivity index is 1.75. The van der Waals surface area contributed by atoms with E-state index in [2.05, 4.69) is 6.07 Å². The van der Waals surface area contributed by atoms with Crippen molar-refractivity contribution in [2.75, 3.05) is 13.1 Å². The van der Waals surface area contributed by atoms with E-state index in [1.807, 2.05) is 33.9 Å². The molecule has 27 heavy (non-hydrogen) atoms. The van der Waals surface area contributed by atoms with Crippen LogP contribution in [0.5, 0.6) is 0 Å². The number of halogens is 1. The van der Waals surface area contributed by atoms with Crippen molar-refractivity contribution >= 4 is 6.09 Å². The van der Waals surface area contributed by atoms with Crippen LogP contribution in [0.25, 0.3) is 11.1 Å². The third kappa shape index (κ3) is 4.85. The summed E-state index contributed by atoms with van der Waals surface area (Å²) < 4.78 is 18.6. The summed E-state index contributed by atoms with van der Waals surface area (Å²) in [5.74, 6) is -0.0435. The number of pyridine rings is 1. The number of piperidine rings is 1. The monoisotopic (exact) mass is 370 g/mol. The second kappa shape index (κ2) is 7.67. The van der Waals surface area contributed by atoms with Crippen LogP contribution in [0, 0.1) is 12.7 Å². The van der Waals surface area contributed by atoms with Gasteiger partial charge in [-0.2, -0.15) is 0 Å². The van der Waals surface area contributed by atoms with Crippen molar-refractivity contribution in [3.63, 3.8) is 0 Å². The van der Waals surface area contributed by atoms with Gasteiger partial charge in [0.25, 0.3) is 0 Å². The van der Waals surface area contributed by atoms with Gasteiger partial charge in [-0.1, -0.05) is 12.1 Å². The number of amides is 1. The fourth-order valence-corrected chi connectivity index (χ4v) is 3.51. The molecule has 0 aliphatic carbocycles. The number of hydrogen-bond acceptors (Lipinski definition) is 3. The van der Waals surface area contributed by atoms with Gasteiger partial charge in [0.15, 0.2) is 0 Å². The van der Waals surface area contributed by atoms with E-state index >= 15 is 0 Å². The summed E-state index contributed by atoms with van der Waals surface area (Å²) >= 11 is 0. The first kappa shape index (κ1) is 19.3. The lowest BCUT2D eigenvalue weighted by Gasteiger charge is -2.34. The smallest absolute Gasteiger partial charge is 0.410 e. The number of ether oxygens (including phenoxy) is 1. The predicted octanol–water partition coefficient (Wildman–Crippen LogP) is 5.31. The van der Waals surface area contributed by atoms with Gasteiger partial charge in [0.05, 0.1) is 0 Å². The zero-order valence-corrected chi connectivity index (χ0v) is 16.5. The van der Waals surface area contributed by atoms with Crippen LogP contribution in [0.15, 0.2) is 36.5 Å². The zero-order valence-electron chi connectivity index (χ0n) is 16.5. The van der Waals surface area contributed by atoms with E-state index in [4.69, 9.17) is 9.72 Å². The molecular formula is C22H27FN2O2. The Hall–Kier alpha value is -2.43. The highest BCUT2D eigenvalue weighted by Crippen LogP contribution is 2.30. The van der Waals surface area contributed by atoms with Crippen molar-refractivity contribution in [2.24, 2.45) is 0 Å². The summed E-state index contributed by atoms with van der Waals surface area (Å²) in [4.78, 5) is 18.9. The van der Waals surface area contributed by atoms with Crippen LogP contribution >= 0.6 is 0 Å². The van der Waals surface area contributed by atoms with E-state index in [-0.39, 0.29) is 17.8 Å². The second-order valence-corrected chi connectivity index (χ2v) is 8.20. The van der Waals surface area contributed by atoms with Crippen LogP contribution in [0.4, 0.5) is 9.18 Å². The molecule has 2 aromatic rings. The molecule has 0 bridgehead atoms. The highest BCUT2D eigenvalue weighted by atomic mass is 19.1. The minimum absolute atomic E-state index is 0.202. The van der Waals surface area contributed by atoms with Crippen LogP contribution < -0.4 is 0 Å². The van der Waals surface area contributed by atoms with Crippen molar-refractivity contribution < 1.29 is 13.9 Å². The van der Waals surface area contributed by atoms with Crippen molar-refractivity contribution in [3.05, 3.63) is 53.6 Å². The van der Waals surface area contributed by atoms with Crippen LogP contribution in [0.1, 0.15) is 50.8 Å². The molecule has 1 aliphatic rings. The quantitative estimate of drug-likeness (QED) is 0.719. The Labute approximate surface area is 160 Å². The van der Waals surface area contributed by atoms with Gasteiger partial charge in [0, 0.05) is 36.5 Å². The maximum absolute atomic E-state index is 13.1. The van der Waals surface area contributed by atoms with E-state index in [0.717, 1.165) is 41.8 Å².